The van der Waals surface area contributed by atoms with Crippen molar-refractivity contribution in [3.8, 4) is 0 Å². The second-order valence-corrected chi connectivity index (χ2v) is 5.05. The van der Waals surface area contributed by atoms with Crippen LogP contribution in [0.2, 0.25) is 5.02 Å². The highest BCUT2D eigenvalue weighted by molar-refractivity contribution is 6.31. The topological polar surface area (TPSA) is 43.0 Å². The molecule has 104 valence electrons. The number of aryl methyl sites for hydroxylation is 2. The fourth-order valence-electron chi connectivity index (χ4n) is 2.15. The van der Waals surface area contributed by atoms with Crippen molar-refractivity contribution in [3.05, 3.63) is 40.4 Å². The third-order valence-corrected chi connectivity index (χ3v) is 3.72. The van der Waals surface area contributed by atoms with Crippen LogP contribution in [0.1, 0.15) is 43.8 Å². The summed E-state index contributed by atoms with van der Waals surface area (Å²) in [6, 6.07) is 1.92. The molecule has 0 spiro atoms. The lowest BCUT2D eigenvalue weighted by atomic mass is 10.2. The first kappa shape index (κ1) is 14.2. The van der Waals surface area contributed by atoms with Crippen molar-refractivity contribution >= 4 is 11.6 Å². The minimum atomic E-state index is -0.445. The van der Waals surface area contributed by atoms with Crippen LogP contribution >= 0.6 is 11.6 Å². The van der Waals surface area contributed by atoms with Crippen LogP contribution in [0.4, 0.5) is 0 Å². The Morgan fingerprint density at radius 2 is 2.16 bits per heavy atom. The van der Waals surface area contributed by atoms with E-state index in [-0.39, 0.29) is 0 Å². The first-order chi connectivity index (χ1) is 9.06. The van der Waals surface area contributed by atoms with Gasteiger partial charge in [-0.1, -0.05) is 18.5 Å². The maximum atomic E-state index is 9.54. The highest BCUT2D eigenvalue weighted by Crippen LogP contribution is 2.23. The van der Waals surface area contributed by atoms with Crippen molar-refractivity contribution in [2.24, 2.45) is 0 Å². The standard InChI is InChI=1S/C14H20ClN3O/c1-4-12-14(15)13(18(5-2)16-12)9-17-7-6-11(8-17)10(3)19/h6-8,10,19H,4-5,9H2,1-3H3. The predicted molar refractivity (Wildman–Crippen MR) is 76.5 cm³/mol. The molecule has 0 aliphatic carbocycles. The van der Waals surface area contributed by atoms with Crippen LogP contribution in [0.25, 0.3) is 0 Å². The summed E-state index contributed by atoms with van der Waals surface area (Å²) in [4.78, 5) is 0. The quantitative estimate of drug-likeness (QED) is 0.915. The molecule has 0 saturated carbocycles. The van der Waals surface area contributed by atoms with Gasteiger partial charge in [-0.05, 0) is 31.9 Å². The van der Waals surface area contributed by atoms with E-state index in [1.54, 1.807) is 6.92 Å². The van der Waals surface area contributed by atoms with Crippen molar-refractivity contribution in [2.75, 3.05) is 0 Å². The Bertz CT molecular complexity index is 557. The van der Waals surface area contributed by atoms with Gasteiger partial charge in [-0.2, -0.15) is 5.10 Å². The van der Waals surface area contributed by atoms with Gasteiger partial charge in [-0.15, -0.1) is 0 Å². The summed E-state index contributed by atoms with van der Waals surface area (Å²) in [7, 11) is 0. The molecule has 2 aromatic rings. The second-order valence-electron chi connectivity index (χ2n) is 4.67. The van der Waals surface area contributed by atoms with Crippen LogP contribution in [-0.2, 0) is 19.5 Å². The molecule has 2 heterocycles. The Balaban J connectivity index is 2.29. The van der Waals surface area contributed by atoms with Gasteiger partial charge in [0.1, 0.15) is 0 Å². The monoisotopic (exact) mass is 281 g/mol. The average Bonchev–Trinajstić information content (AvgIpc) is 2.96. The fraction of sp³-hybridized carbons (Fsp3) is 0.500. The summed E-state index contributed by atoms with van der Waals surface area (Å²) in [5.74, 6) is 0. The smallest absolute Gasteiger partial charge is 0.0868 e. The van der Waals surface area contributed by atoms with Crippen LogP contribution in [0, 0.1) is 0 Å². The maximum absolute atomic E-state index is 9.54. The number of nitrogens with zero attached hydrogens (tertiary/aromatic N) is 3. The number of hydrogen-bond donors (Lipinski definition) is 1. The molecule has 1 N–H and O–H groups in total. The molecule has 1 unspecified atom stereocenters. The Morgan fingerprint density at radius 1 is 1.42 bits per heavy atom. The molecule has 1 atom stereocenters. The molecule has 0 aliphatic heterocycles. The van der Waals surface area contributed by atoms with Crippen LogP contribution in [0.5, 0.6) is 0 Å². The van der Waals surface area contributed by atoms with E-state index in [0.29, 0.717) is 6.54 Å². The summed E-state index contributed by atoms with van der Waals surface area (Å²) in [5.41, 5.74) is 2.88. The predicted octanol–water partition coefficient (Wildman–Crippen LogP) is 3.02. The summed E-state index contributed by atoms with van der Waals surface area (Å²) < 4.78 is 3.97. The molecule has 0 bridgehead atoms. The highest BCUT2D eigenvalue weighted by Gasteiger charge is 2.14. The molecule has 5 heteroatoms. The Morgan fingerprint density at radius 3 is 2.68 bits per heavy atom. The molecule has 0 aliphatic rings. The van der Waals surface area contributed by atoms with Crippen molar-refractivity contribution in [2.45, 2.75) is 46.4 Å². The normalized spacial score (nSPS) is 12.9. The molecule has 0 amide bonds. The van der Waals surface area contributed by atoms with Gasteiger partial charge in [0, 0.05) is 18.9 Å². The molecule has 0 fully saturated rings. The third kappa shape index (κ3) is 2.85. The molecule has 19 heavy (non-hydrogen) atoms. The van der Waals surface area contributed by atoms with Crippen LogP contribution < -0.4 is 0 Å². The minimum absolute atomic E-state index is 0.445. The van der Waals surface area contributed by atoms with Crippen molar-refractivity contribution < 1.29 is 5.11 Å². The summed E-state index contributed by atoms with van der Waals surface area (Å²) in [5, 5.41) is 14.8. The Labute approximate surface area is 118 Å². The van der Waals surface area contributed by atoms with Crippen LogP contribution in [0.3, 0.4) is 0 Å². The van der Waals surface area contributed by atoms with E-state index in [2.05, 4.69) is 18.9 Å². The van der Waals surface area contributed by atoms with Crippen molar-refractivity contribution in [3.63, 3.8) is 0 Å². The number of aliphatic hydroxyl groups excluding tert-OH is 1. The summed E-state index contributed by atoms with van der Waals surface area (Å²) in [6.07, 6.45) is 4.29. The van der Waals surface area contributed by atoms with Gasteiger partial charge in [0.05, 0.1) is 29.1 Å². The van der Waals surface area contributed by atoms with E-state index < -0.39 is 6.10 Å². The number of aliphatic hydroxyl groups is 1. The fourth-order valence-corrected chi connectivity index (χ4v) is 2.47. The molecule has 0 saturated heterocycles. The van der Waals surface area contributed by atoms with Gasteiger partial charge < -0.3 is 9.67 Å². The lowest BCUT2D eigenvalue weighted by Crippen LogP contribution is -2.07. The molecular formula is C14H20ClN3O. The molecular weight excluding hydrogens is 262 g/mol. The molecule has 2 rings (SSSR count). The number of hydrogen-bond acceptors (Lipinski definition) is 2. The molecule has 0 aromatic carbocycles. The zero-order valence-corrected chi connectivity index (χ0v) is 12.4. The summed E-state index contributed by atoms with van der Waals surface area (Å²) >= 11 is 6.38. The number of rotatable bonds is 5. The largest absolute Gasteiger partial charge is 0.389 e. The van der Waals surface area contributed by atoms with Gasteiger partial charge in [0.25, 0.3) is 0 Å². The van der Waals surface area contributed by atoms with Crippen molar-refractivity contribution in [1.82, 2.24) is 14.3 Å². The van der Waals surface area contributed by atoms with E-state index in [9.17, 15) is 5.11 Å². The van der Waals surface area contributed by atoms with E-state index in [0.717, 1.165) is 34.9 Å². The second kappa shape index (κ2) is 5.80. The van der Waals surface area contributed by atoms with Crippen molar-refractivity contribution in [1.29, 1.82) is 0 Å². The molecule has 0 radical (unpaired) electrons. The van der Waals surface area contributed by atoms with E-state index >= 15 is 0 Å². The zero-order chi connectivity index (χ0) is 14.0. The first-order valence-corrected chi connectivity index (χ1v) is 7.02. The number of aromatic nitrogens is 3. The SMILES string of the molecule is CCc1nn(CC)c(Cn2ccc(C(C)O)c2)c1Cl. The van der Waals surface area contributed by atoms with Gasteiger partial charge in [0.2, 0.25) is 0 Å². The van der Waals surface area contributed by atoms with Gasteiger partial charge >= 0.3 is 0 Å². The van der Waals surface area contributed by atoms with Gasteiger partial charge in [-0.3, -0.25) is 4.68 Å². The Kier molecular flexibility index (Phi) is 4.32. The first-order valence-electron chi connectivity index (χ1n) is 6.64. The summed E-state index contributed by atoms with van der Waals surface area (Å²) in [6.45, 7) is 7.35. The number of halogens is 1. The highest BCUT2D eigenvalue weighted by atomic mass is 35.5. The molecule has 4 nitrogen and oxygen atoms in total. The maximum Gasteiger partial charge on any atom is 0.0868 e. The Hall–Kier alpha value is -1.26. The van der Waals surface area contributed by atoms with E-state index in [4.69, 9.17) is 11.6 Å². The van der Waals surface area contributed by atoms with Crippen LogP contribution in [0.15, 0.2) is 18.5 Å². The average molecular weight is 282 g/mol. The van der Waals surface area contributed by atoms with E-state index in [1.165, 1.54) is 0 Å². The molecule has 2 aromatic heterocycles. The third-order valence-electron chi connectivity index (χ3n) is 3.28. The van der Waals surface area contributed by atoms with E-state index in [1.807, 2.05) is 27.7 Å². The minimum Gasteiger partial charge on any atom is -0.389 e. The van der Waals surface area contributed by atoms with Gasteiger partial charge in [0.15, 0.2) is 0 Å². The lowest BCUT2D eigenvalue weighted by Gasteiger charge is -2.07. The van der Waals surface area contributed by atoms with Crippen LogP contribution in [-0.4, -0.2) is 19.5 Å². The lowest BCUT2D eigenvalue weighted by molar-refractivity contribution is 0.199. The van der Waals surface area contributed by atoms with Gasteiger partial charge in [-0.25, -0.2) is 0 Å². The zero-order valence-electron chi connectivity index (χ0n) is 11.6.